The molecule has 6 nitrogen and oxygen atoms in total. The van der Waals surface area contributed by atoms with Crippen LogP contribution in [0.1, 0.15) is 11.8 Å². The number of hydrogen-bond donors (Lipinski definition) is 2. The highest BCUT2D eigenvalue weighted by Gasteiger charge is 2.11. The van der Waals surface area contributed by atoms with Crippen molar-refractivity contribution in [3.8, 4) is 0 Å². The number of sulfone groups is 1. The van der Waals surface area contributed by atoms with Crippen molar-refractivity contribution in [2.75, 3.05) is 36.2 Å². The SMILES string of the molecule is CCc1cc2c(NCCS(C)(=O)=O)nc(NC)nc2s1. The molecule has 2 aromatic rings. The van der Waals surface area contributed by atoms with E-state index in [2.05, 4.69) is 33.6 Å². The number of rotatable bonds is 6. The highest BCUT2D eigenvalue weighted by Crippen LogP contribution is 2.30. The lowest BCUT2D eigenvalue weighted by Gasteiger charge is -2.07. The standard InChI is InChI=1S/C12H18N4O2S2/c1-4-8-7-9-10(14-5-6-20(3,17)18)15-12(13-2)16-11(9)19-8/h7H,4-6H2,1-3H3,(H2,13,14,15,16). The first-order chi connectivity index (χ1) is 9.43. The van der Waals surface area contributed by atoms with Gasteiger partial charge in [0, 0.05) is 24.7 Å². The lowest BCUT2D eigenvalue weighted by atomic mass is 10.3. The summed E-state index contributed by atoms with van der Waals surface area (Å²) in [5.41, 5.74) is 0. The normalized spacial score (nSPS) is 11.8. The molecule has 0 atom stereocenters. The van der Waals surface area contributed by atoms with Crippen LogP contribution in [0.25, 0.3) is 10.2 Å². The topological polar surface area (TPSA) is 84.0 Å². The number of aromatic nitrogens is 2. The van der Waals surface area contributed by atoms with E-state index in [4.69, 9.17) is 0 Å². The summed E-state index contributed by atoms with van der Waals surface area (Å²) in [5, 5.41) is 6.96. The Morgan fingerprint density at radius 3 is 2.70 bits per heavy atom. The van der Waals surface area contributed by atoms with Gasteiger partial charge >= 0.3 is 0 Å². The van der Waals surface area contributed by atoms with Crippen molar-refractivity contribution in [3.63, 3.8) is 0 Å². The molecule has 110 valence electrons. The van der Waals surface area contributed by atoms with Crippen molar-refractivity contribution in [1.29, 1.82) is 0 Å². The van der Waals surface area contributed by atoms with Crippen LogP contribution in [0.3, 0.4) is 0 Å². The van der Waals surface area contributed by atoms with Crippen LogP contribution in [0.2, 0.25) is 0 Å². The van der Waals surface area contributed by atoms with Gasteiger partial charge in [-0.1, -0.05) is 6.92 Å². The van der Waals surface area contributed by atoms with Gasteiger partial charge in [0.2, 0.25) is 5.95 Å². The average molecular weight is 314 g/mol. The van der Waals surface area contributed by atoms with Crippen molar-refractivity contribution in [3.05, 3.63) is 10.9 Å². The maximum atomic E-state index is 11.2. The minimum Gasteiger partial charge on any atom is -0.368 e. The van der Waals surface area contributed by atoms with Crippen molar-refractivity contribution in [2.24, 2.45) is 0 Å². The molecule has 0 aliphatic carbocycles. The van der Waals surface area contributed by atoms with Crippen molar-refractivity contribution < 1.29 is 8.42 Å². The number of anilines is 2. The van der Waals surface area contributed by atoms with E-state index in [9.17, 15) is 8.42 Å². The van der Waals surface area contributed by atoms with Crippen LogP contribution in [0.15, 0.2) is 6.07 Å². The Balaban J connectivity index is 2.32. The molecule has 2 heterocycles. The molecule has 0 spiro atoms. The largest absolute Gasteiger partial charge is 0.368 e. The third kappa shape index (κ3) is 3.57. The molecule has 0 saturated carbocycles. The zero-order valence-electron chi connectivity index (χ0n) is 11.7. The van der Waals surface area contributed by atoms with E-state index in [0.717, 1.165) is 16.6 Å². The molecule has 0 radical (unpaired) electrons. The van der Waals surface area contributed by atoms with Gasteiger partial charge in [-0.05, 0) is 12.5 Å². The van der Waals surface area contributed by atoms with E-state index >= 15 is 0 Å². The van der Waals surface area contributed by atoms with E-state index in [1.165, 1.54) is 11.1 Å². The lowest BCUT2D eigenvalue weighted by molar-refractivity contribution is 0.602. The molecule has 2 N–H and O–H groups in total. The number of aryl methyl sites for hydroxylation is 1. The molecule has 2 rings (SSSR count). The highest BCUT2D eigenvalue weighted by atomic mass is 32.2. The van der Waals surface area contributed by atoms with Crippen LogP contribution in [0.4, 0.5) is 11.8 Å². The first kappa shape index (κ1) is 15.0. The Morgan fingerprint density at radius 2 is 2.10 bits per heavy atom. The van der Waals surface area contributed by atoms with Crippen LogP contribution in [-0.2, 0) is 16.3 Å². The predicted octanol–water partition coefficient (Wildman–Crippen LogP) is 1.75. The van der Waals surface area contributed by atoms with Crippen LogP contribution in [0, 0.1) is 0 Å². The molecule has 0 aliphatic rings. The van der Waals surface area contributed by atoms with Crippen LogP contribution < -0.4 is 10.6 Å². The second-order valence-electron chi connectivity index (χ2n) is 4.49. The molecule has 0 amide bonds. The van der Waals surface area contributed by atoms with Crippen molar-refractivity contribution in [1.82, 2.24) is 9.97 Å². The molecular weight excluding hydrogens is 296 g/mol. The summed E-state index contributed by atoms with van der Waals surface area (Å²) in [7, 11) is -1.22. The van der Waals surface area contributed by atoms with E-state index < -0.39 is 9.84 Å². The molecule has 0 aliphatic heterocycles. The van der Waals surface area contributed by atoms with Gasteiger partial charge < -0.3 is 10.6 Å². The Hall–Kier alpha value is -1.41. The zero-order chi connectivity index (χ0) is 14.8. The monoisotopic (exact) mass is 314 g/mol. The average Bonchev–Trinajstić information content (AvgIpc) is 2.80. The summed E-state index contributed by atoms with van der Waals surface area (Å²) in [5.74, 6) is 1.29. The van der Waals surface area contributed by atoms with Crippen LogP contribution in [0.5, 0.6) is 0 Å². The van der Waals surface area contributed by atoms with Gasteiger partial charge in [-0.25, -0.2) is 13.4 Å². The summed E-state index contributed by atoms with van der Waals surface area (Å²) in [6.07, 6.45) is 2.17. The Morgan fingerprint density at radius 1 is 1.35 bits per heavy atom. The van der Waals surface area contributed by atoms with Gasteiger partial charge in [-0.3, -0.25) is 0 Å². The number of nitrogens with one attached hydrogen (secondary N) is 2. The summed E-state index contributed by atoms with van der Waals surface area (Å²) >= 11 is 1.63. The fourth-order valence-corrected chi connectivity index (χ4v) is 3.19. The number of nitrogens with zero attached hydrogens (tertiary/aromatic N) is 2. The van der Waals surface area contributed by atoms with Crippen LogP contribution in [-0.4, -0.2) is 44.0 Å². The van der Waals surface area contributed by atoms with Gasteiger partial charge in [0.05, 0.1) is 11.1 Å². The van der Waals surface area contributed by atoms with Gasteiger partial charge in [0.1, 0.15) is 20.5 Å². The maximum Gasteiger partial charge on any atom is 0.225 e. The first-order valence-electron chi connectivity index (χ1n) is 6.32. The summed E-state index contributed by atoms with van der Waals surface area (Å²) in [6, 6.07) is 2.06. The van der Waals surface area contributed by atoms with Gasteiger partial charge in [-0.15, -0.1) is 11.3 Å². The minimum atomic E-state index is -2.98. The number of hydrogen-bond acceptors (Lipinski definition) is 7. The molecule has 0 saturated heterocycles. The second kappa shape index (κ2) is 5.92. The van der Waals surface area contributed by atoms with E-state index in [-0.39, 0.29) is 5.75 Å². The zero-order valence-corrected chi connectivity index (χ0v) is 13.4. The fraction of sp³-hybridized carbons (Fsp3) is 0.500. The smallest absolute Gasteiger partial charge is 0.225 e. The first-order valence-corrected chi connectivity index (χ1v) is 9.20. The third-order valence-corrected chi connectivity index (χ3v) is 4.90. The van der Waals surface area contributed by atoms with Crippen LogP contribution >= 0.6 is 11.3 Å². The van der Waals surface area contributed by atoms with Gasteiger partial charge in [-0.2, -0.15) is 4.98 Å². The minimum absolute atomic E-state index is 0.0815. The third-order valence-electron chi connectivity index (χ3n) is 2.78. The Kier molecular flexibility index (Phi) is 4.44. The Bertz CT molecular complexity index is 710. The molecular formula is C12H18N4O2S2. The number of fused-ring (bicyclic) bond motifs is 1. The molecule has 0 unspecified atom stereocenters. The fourth-order valence-electron chi connectivity index (χ4n) is 1.75. The summed E-state index contributed by atoms with van der Waals surface area (Å²) in [6.45, 7) is 2.43. The molecule has 2 aromatic heterocycles. The molecule has 0 bridgehead atoms. The highest BCUT2D eigenvalue weighted by molar-refractivity contribution is 7.90. The van der Waals surface area contributed by atoms with E-state index in [1.54, 1.807) is 18.4 Å². The predicted molar refractivity (Wildman–Crippen MR) is 84.5 cm³/mol. The molecule has 0 aromatic carbocycles. The van der Waals surface area contributed by atoms with Gasteiger partial charge in [0.15, 0.2) is 0 Å². The quantitative estimate of drug-likeness (QED) is 0.845. The molecule has 20 heavy (non-hydrogen) atoms. The lowest BCUT2D eigenvalue weighted by Crippen LogP contribution is -2.15. The number of thiophene rings is 1. The molecule has 0 fully saturated rings. The maximum absolute atomic E-state index is 11.2. The summed E-state index contributed by atoms with van der Waals surface area (Å²) in [4.78, 5) is 10.9. The Labute approximate surface area is 122 Å². The van der Waals surface area contributed by atoms with Gasteiger partial charge in [0.25, 0.3) is 0 Å². The summed E-state index contributed by atoms with van der Waals surface area (Å²) < 4.78 is 22.4. The second-order valence-corrected chi connectivity index (χ2v) is 7.86. The molecule has 8 heteroatoms. The van der Waals surface area contributed by atoms with E-state index in [0.29, 0.717) is 18.3 Å². The van der Waals surface area contributed by atoms with Crippen molar-refractivity contribution in [2.45, 2.75) is 13.3 Å². The van der Waals surface area contributed by atoms with E-state index in [1.807, 2.05) is 0 Å². The van der Waals surface area contributed by atoms with Crippen molar-refractivity contribution >= 4 is 43.2 Å².